The summed E-state index contributed by atoms with van der Waals surface area (Å²) in [4.78, 5) is 25.1. The molecule has 1 saturated carbocycles. The van der Waals surface area contributed by atoms with Crippen LogP contribution in [-0.2, 0) is 22.4 Å². The van der Waals surface area contributed by atoms with Crippen LogP contribution >= 0.6 is 11.3 Å². The zero-order chi connectivity index (χ0) is 20.9. The Bertz CT molecular complexity index is 983. The van der Waals surface area contributed by atoms with E-state index >= 15 is 0 Å². The van der Waals surface area contributed by atoms with E-state index in [1.54, 1.807) is 18.2 Å². The second-order valence-corrected chi connectivity index (χ2v) is 8.79. The lowest BCUT2D eigenvalue weighted by Gasteiger charge is -2.21. The number of alkyl carbamates (subject to hydrolysis) is 1. The van der Waals surface area contributed by atoms with Crippen molar-refractivity contribution in [2.75, 3.05) is 18.5 Å². The highest BCUT2D eigenvalue weighted by Gasteiger charge is 2.27. The fraction of sp³-hybridized carbons (Fsp3) is 0.409. The summed E-state index contributed by atoms with van der Waals surface area (Å²) in [5.74, 6) is 1.11. The van der Waals surface area contributed by atoms with E-state index < -0.39 is 0 Å². The van der Waals surface area contributed by atoms with Crippen molar-refractivity contribution in [2.45, 2.75) is 32.1 Å². The zero-order valence-corrected chi connectivity index (χ0v) is 17.3. The van der Waals surface area contributed by atoms with Crippen LogP contribution < -0.4 is 10.6 Å². The molecule has 8 heteroatoms. The molecule has 0 bridgehead atoms. The number of rotatable bonds is 7. The molecule has 4 rings (SSSR count). The third-order valence-corrected chi connectivity index (χ3v) is 6.51. The summed E-state index contributed by atoms with van der Waals surface area (Å²) in [6.07, 6.45) is 8.84. The molecule has 0 aromatic carbocycles. The first-order chi connectivity index (χ1) is 14.6. The molecule has 0 spiro atoms. The number of anilines is 1. The van der Waals surface area contributed by atoms with Crippen LogP contribution in [0.15, 0.2) is 28.9 Å². The molecule has 0 saturated heterocycles. The van der Waals surface area contributed by atoms with E-state index in [0.717, 1.165) is 29.7 Å². The molecule has 1 atom stereocenters. The maximum Gasteiger partial charge on any atom is 0.407 e. The first-order valence-corrected chi connectivity index (χ1v) is 10.9. The number of fused-ring (bicyclic) bond motifs is 1. The van der Waals surface area contributed by atoms with Crippen molar-refractivity contribution < 1.29 is 18.7 Å². The molecule has 0 aliphatic heterocycles. The number of nitrogens with zero attached hydrogens (tertiary/aromatic N) is 1. The Balaban J connectivity index is 1.34. The molecular weight excluding hydrogens is 402 g/mol. The number of amides is 2. The van der Waals surface area contributed by atoms with Crippen LogP contribution in [-0.4, -0.2) is 25.2 Å². The van der Waals surface area contributed by atoms with Crippen LogP contribution in [0.2, 0.25) is 0 Å². The second-order valence-electron chi connectivity index (χ2n) is 7.69. The largest absolute Gasteiger partial charge is 0.465 e. The number of nitrogens with one attached hydrogen (secondary N) is 2. The molecule has 1 fully saturated rings. The fourth-order valence-corrected chi connectivity index (χ4v) is 4.81. The van der Waals surface area contributed by atoms with Gasteiger partial charge in [-0.25, -0.2) is 4.79 Å². The molecule has 2 N–H and O–H groups in total. The van der Waals surface area contributed by atoms with Crippen LogP contribution in [0.4, 0.5) is 9.80 Å². The van der Waals surface area contributed by atoms with Gasteiger partial charge in [0, 0.05) is 17.5 Å². The lowest BCUT2D eigenvalue weighted by molar-refractivity contribution is -0.111. The van der Waals surface area contributed by atoms with Gasteiger partial charge in [-0.15, -0.1) is 11.3 Å². The lowest BCUT2D eigenvalue weighted by atomic mass is 9.88. The van der Waals surface area contributed by atoms with Gasteiger partial charge in [-0.05, 0) is 67.7 Å². The molecule has 0 radical (unpaired) electrons. The summed E-state index contributed by atoms with van der Waals surface area (Å²) in [5, 5.41) is 15.8. The molecule has 30 heavy (non-hydrogen) atoms. The first kappa shape index (κ1) is 20.2. The molecule has 2 aliphatic carbocycles. The quantitative estimate of drug-likeness (QED) is 0.650. The van der Waals surface area contributed by atoms with Gasteiger partial charge in [0.1, 0.15) is 16.8 Å². The van der Waals surface area contributed by atoms with Crippen LogP contribution in [0.3, 0.4) is 0 Å². The molecule has 2 heterocycles. The molecule has 1 unspecified atom stereocenters. The average molecular weight is 426 g/mol. The lowest BCUT2D eigenvalue weighted by Crippen LogP contribution is -2.29. The Labute approximate surface area is 178 Å². The number of carbonyl (C=O) groups is 2. The minimum absolute atomic E-state index is 0.219. The van der Waals surface area contributed by atoms with Gasteiger partial charge in [0.25, 0.3) is 0 Å². The Morgan fingerprint density at radius 1 is 1.33 bits per heavy atom. The third kappa shape index (κ3) is 5.10. The Morgan fingerprint density at radius 3 is 2.93 bits per heavy atom. The predicted molar refractivity (Wildman–Crippen MR) is 113 cm³/mol. The maximum atomic E-state index is 12.2. The van der Waals surface area contributed by atoms with Crippen LogP contribution in [0.5, 0.6) is 0 Å². The van der Waals surface area contributed by atoms with Crippen molar-refractivity contribution in [2.24, 2.45) is 11.8 Å². The molecule has 2 amide bonds. The molecule has 2 aromatic heterocycles. The minimum Gasteiger partial charge on any atom is -0.465 e. The minimum atomic E-state index is -0.354. The summed E-state index contributed by atoms with van der Waals surface area (Å²) in [5.41, 5.74) is 1.54. The van der Waals surface area contributed by atoms with E-state index in [1.165, 1.54) is 36.5 Å². The van der Waals surface area contributed by atoms with Gasteiger partial charge in [-0.2, -0.15) is 5.26 Å². The second kappa shape index (κ2) is 9.18. The van der Waals surface area contributed by atoms with E-state index in [4.69, 9.17) is 9.15 Å². The van der Waals surface area contributed by atoms with Gasteiger partial charge < -0.3 is 19.8 Å². The number of thiophene rings is 1. The normalized spacial score (nSPS) is 17.9. The summed E-state index contributed by atoms with van der Waals surface area (Å²) in [6, 6.07) is 5.73. The van der Waals surface area contributed by atoms with Gasteiger partial charge in [-0.3, -0.25) is 4.79 Å². The van der Waals surface area contributed by atoms with Gasteiger partial charge in [0.2, 0.25) is 5.91 Å². The number of hydrogen-bond acceptors (Lipinski definition) is 6. The summed E-state index contributed by atoms with van der Waals surface area (Å²) < 4.78 is 10.5. The topological polar surface area (TPSA) is 104 Å². The summed E-state index contributed by atoms with van der Waals surface area (Å²) >= 11 is 1.43. The molecule has 2 aliphatic rings. The van der Waals surface area contributed by atoms with Crippen molar-refractivity contribution >= 4 is 34.4 Å². The fourth-order valence-electron chi connectivity index (χ4n) is 3.49. The molecule has 156 valence electrons. The molecule has 7 nitrogen and oxygen atoms in total. The van der Waals surface area contributed by atoms with Gasteiger partial charge in [0.15, 0.2) is 0 Å². The highest BCUT2D eigenvalue weighted by atomic mass is 32.1. The van der Waals surface area contributed by atoms with E-state index in [0.29, 0.717) is 35.4 Å². The number of furan rings is 1. The van der Waals surface area contributed by atoms with Crippen molar-refractivity contribution in [3.05, 3.63) is 46.2 Å². The average Bonchev–Trinajstić information content (AvgIpc) is 3.30. The molecular formula is C22H23N3O4S. The number of ether oxygens (including phenoxy) is 1. The van der Waals surface area contributed by atoms with E-state index in [-0.39, 0.29) is 17.9 Å². The standard InChI is InChI=1S/C22H23N3O4S/c23-11-18-17-7-5-15(13-29-22(27)24-12-14-3-4-14)10-19(17)30-21(18)25-20(26)8-6-16-2-1-9-28-16/h1-2,6,8-9,14-15H,3-5,7,10,12-13H2,(H,24,27)(H,25,26)/b8-6+. The van der Waals surface area contributed by atoms with Gasteiger partial charge >= 0.3 is 6.09 Å². The van der Waals surface area contributed by atoms with Crippen LogP contribution in [0.25, 0.3) is 6.08 Å². The SMILES string of the molecule is N#Cc1c(NC(=O)/C=C/c2ccco2)sc2c1CCC(COC(=O)NCC1CC1)C2. The Morgan fingerprint density at radius 2 is 2.20 bits per heavy atom. The van der Waals surface area contributed by atoms with Gasteiger partial charge in [0.05, 0.1) is 18.4 Å². The maximum absolute atomic E-state index is 12.2. The predicted octanol–water partition coefficient (Wildman–Crippen LogP) is 4.11. The van der Waals surface area contributed by atoms with Crippen molar-refractivity contribution in [1.29, 1.82) is 5.26 Å². The molecule has 2 aromatic rings. The van der Waals surface area contributed by atoms with Crippen molar-refractivity contribution in [3.63, 3.8) is 0 Å². The van der Waals surface area contributed by atoms with E-state index in [2.05, 4.69) is 16.7 Å². The number of hydrogen-bond donors (Lipinski definition) is 2. The smallest absolute Gasteiger partial charge is 0.407 e. The van der Waals surface area contributed by atoms with Crippen LogP contribution in [0.1, 0.15) is 41.0 Å². The number of carbonyl (C=O) groups excluding carboxylic acids is 2. The summed E-state index contributed by atoms with van der Waals surface area (Å²) in [6.45, 7) is 1.06. The van der Waals surface area contributed by atoms with Crippen LogP contribution in [0, 0.1) is 23.2 Å². The van der Waals surface area contributed by atoms with Gasteiger partial charge in [-0.1, -0.05) is 0 Å². The monoisotopic (exact) mass is 425 g/mol. The summed E-state index contributed by atoms with van der Waals surface area (Å²) in [7, 11) is 0. The highest BCUT2D eigenvalue weighted by molar-refractivity contribution is 7.16. The number of nitriles is 1. The Hall–Kier alpha value is -3.05. The van der Waals surface area contributed by atoms with Crippen molar-refractivity contribution in [1.82, 2.24) is 5.32 Å². The highest BCUT2D eigenvalue weighted by Crippen LogP contribution is 2.39. The van der Waals surface area contributed by atoms with E-state index in [9.17, 15) is 14.9 Å². The van der Waals surface area contributed by atoms with Crippen molar-refractivity contribution in [3.8, 4) is 6.07 Å². The zero-order valence-electron chi connectivity index (χ0n) is 16.5. The third-order valence-electron chi connectivity index (χ3n) is 5.34. The van der Waals surface area contributed by atoms with E-state index in [1.807, 2.05) is 0 Å². The first-order valence-electron chi connectivity index (χ1n) is 10.1. The Kier molecular flexibility index (Phi) is 6.19.